The zero-order valence-corrected chi connectivity index (χ0v) is 18.6. The molecule has 2 saturated heterocycles. The van der Waals surface area contributed by atoms with E-state index >= 15 is 0 Å². The largest absolute Gasteiger partial charge is 0.416 e. The van der Waals surface area contributed by atoms with E-state index in [0.717, 1.165) is 37.0 Å². The summed E-state index contributed by atoms with van der Waals surface area (Å²) >= 11 is 0. The van der Waals surface area contributed by atoms with Gasteiger partial charge in [-0.25, -0.2) is 4.79 Å². The summed E-state index contributed by atoms with van der Waals surface area (Å²) in [5.74, 6) is 0.0504. The lowest BCUT2D eigenvalue weighted by Crippen LogP contribution is -2.45. The average molecular weight is 470 g/mol. The van der Waals surface area contributed by atoms with Crippen molar-refractivity contribution >= 4 is 17.6 Å². The molecule has 2 heterocycles. The number of rotatable bonds is 3. The van der Waals surface area contributed by atoms with Crippen LogP contribution < -0.4 is 5.32 Å². The van der Waals surface area contributed by atoms with Crippen LogP contribution >= 0.6 is 0 Å². The topological polar surface area (TPSA) is 76.4 Å². The quantitative estimate of drug-likeness (QED) is 0.709. The first-order valence-corrected chi connectivity index (χ1v) is 11.2. The van der Waals surface area contributed by atoms with E-state index in [1.54, 1.807) is 29.2 Å². The molecule has 2 aromatic rings. The molecule has 34 heavy (non-hydrogen) atoms. The van der Waals surface area contributed by atoms with Crippen LogP contribution in [-0.4, -0.2) is 47.9 Å². The Morgan fingerprint density at radius 1 is 0.941 bits per heavy atom. The average Bonchev–Trinajstić information content (AvgIpc) is 3.23. The summed E-state index contributed by atoms with van der Waals surface area (Å²) in [5, 5.41) is 11.6. The molecule has 1 N–H and O–H groups in total. The highest BCUT2D eigenvalue weighted by Gasteiger charge is 2.42. The van der Waals surface area contributed by atoms with E-state index < -0.39 is 11.7 Å². The van der Waals surface area contributed by atoms with Crippen LogP contribution in [0.5, 0.6) is 0 Å². The first kappa shape index (κ1) is 23.6. The maximum atomic E-state index is 12.7. The second-order valence-corrected chi connectivity index (χ2v) is 9.04. The number of anilines is 1. The fourth-order valence-electron chi connectivity index (χ4n) is 4.68. The Bertz CT molecular complexity index is 1080. The number of urea groups is 1. The third-order valence-corrected chi connectivity index (χ3v) is 6.80. The lowest BCUT2D eigenvalue weighted by molar-refractivity contribution is -0.137. The number of likely N-dealkylation sites (tertiary alicyclic amines) is 2. The minimum Gasteiger partial charge on any atom is -0.342 e. The molecule has 178 valence electrons. The van der Waals surface area contributed by atoms with Crippen LogP contribution in [-0.2, 0) is 17.4 Å². The maximum absolute atomic E-state index is 12.7. The number of carbonyl (C=O) groups excluding carboxylic acids is 2. The molecule has 1 spiro atoms. The molecule has 2 aliphatic heterocycles. The van der Waals surface area contributed by atoms with Gasteiger partial charge in [-0.2, -0.15) is 18.4 Å². The van der Waals surface area contributed by atoms with E-state index in [0.29, 0.717) is 43.9 Å². The van der Waals surface area contributed by atoms with Crippen LogP contribution in [0.4, 0.5) is 23.7 Å². The van der Waals surface area contributed by atoms with Gasteiger partial charge in [0.2, 0.25) is 5.91 Å². The monoisotopic (exact) mass is 470 g/mol. The Morgan fingerprint density at radius 3 is 2.09 bits per heavy atom. The minimum absolute atomic E-state index is 0.0390. The predicted octanol–water partition coefficient (Wildman–Crippen LogP) is 4.67. The summed E-state index contributed by atoms with van der Waals surface area (Å²) in [4.78, 5) is 28.9. The van der Waals surface area contributed by atoms with Gasteiger partial charge in [-0.15, -0.1) is 0 Å². The summed E-state index contributed by atoms with van der Waals surface area (Å²) in [6.07, 6.45) is -1.68. The van der Waals surface area contributed by atoms with Crippen LogP contribution in [0.25, 0.3) is 0 Å². The molecule has 2 aliphatic rings. The first-order chi connectivity index (χ1) is 16.2. The molecule has 3 amide bonds. The molecule has 6 nitrogen and oxygen atoms in total. The van der Waals surface area contributed by atoms with Crippen molar-refractivity contribution in [2.24, 2.45) is 5.41 Å². The molecule has 9 heteroatoms. The van der Waals surface area contributed by atoms with Gasteiger partial charge in [0, 0.05) is 31.9 Å². The standard InChI is InChI=1S/C25H25F3N4O2/c26-25(27,28)20-5-7-21(8-6-20)30-23(34)32-14-11-24(17-32)9-12-31(13-10-24)22(33)15-18-1-3-19(16-29)4-2-18/h1-8H,9-15,17H2,(H,30,34). The molecule has 0 unspecified atom stereocenters. The van der Waals surface area contributed by atoms with E-state index in [4.69, 9.17) is 5.26 Å². The van der Waals surface area contributed by atoms with Gasteiger partial charge in [0.15, 0.2) is 0 Å². The highest BCUT2D eigenvalue weighted by molar-refractivity contribution is 5.89. The smallest absolute Gasteiger partial charge is 0.342 e. The van der Waals surface area contributed by atoms with Crippen molar-refractivity contribution in [3.05, 3.63) is 65.2 Å². The molecule has 2 aromatic carbocycles. The zero-order chi connectivity index (χ0) is 24.3. The van der Waals surface area contributed by atoms with Crippen molar-refractivity contribution in [3.63, 3.8) is 0 Å². The van der Waals surface area contributed by atoms with Crippen molar-refractivity contribution in [1.29, 1.82) is 5.26 Å². The van der Waals surface area contributed by atoms with Gasteiger partial charge in [-0.1, -0.05) is 12.1 Å². The minimum atomic E-state index is -4.41. The van der Waals surface area contributed by atoms with Crippen LogP contribution in [0.15, 0.2) is 48.5 Å². The van der Waals surface area contributed by atoms with Gasteiger partial charge in [-0.3, -0.25) is 4.79 Å². The van der Waals surface area contributed by atoms with E-state index in [9.17, 15) is 22.8 Å². The number of amides is 3. The number of benzene rings is 2. The van der Waals surface area contributed by atoms with Gasteiger partial charge >= 0.3 is 12.2 Å². The van der Waals surface area contributed by atoms with Gasteiger partial charge in [0.25, 0.3) is 0 Å². The number of nitrogens with zero attached hydrogens (tertiary/aromatic N) is 3. The van der Waals surface area contributed by atoms with Crippen LogP contribution in [0.2, 0.25) is 0 Å². The maximum Gasteiger partial charge on any atom is 0.416 e. The van der Waals surface area contributed by atoms with Gasteiger partial charge in [0.05, 0.1) is 23.6 Å². The molecule has 2 fully saturated rings. The Hall–Kier alpha value is -3.54. The fourth-order valence-corrected chi connectivity index (χ4v) is 4.68. The van der Waals surface area contributed by atoms with Crippen LogP contribution in [0.3, 0.4) is 0 Å². The lowest BCUT2D eigenvalue weighted by Gasteiger charge is -2.39. The summed E-state index contributed by atoms with van der Waals surface area (Å²) in [5.41, 5.74) is 0.955. The lowest BCUT2D eigenvalue weighted by atomic mass is 9.77. The summed E-state index contributed by atoms with van der Waals surface area (Å²) < 4.78 is 38.1. The van der Waals surface area contributed by atoms with E-state index in [1.165, 1.54) is 12.1 Å². The molecule has 0 saturated carbocycles. The Labute approximate surface area is 196 Å². The molecular formula is C25H25F3N4O2. The molecule has 0 aromatic heterocycles. The second kappa shape index (κ2) is 9.37. The normalized spacial score (nSPS) is 17.5. The highest BCUT2D eigenvalue weighted by atomic mass is 19.4. The third kappa shape index (κ3) is 5.33. The molecular weight excluding hydrogens is 445 g/mol. The van der Waals surface area contributed by atoms with Crippen molar-refractivity contribution in [3.8, 4) is 6.07 Å². The molecule has 0 aliphatic carbocycles. The number of hydrogen-bond acceptors (Lipinski definition) is 3. The van der Waals surface area contributed by atoms with Crippen molar-refractivity contribution < 1.29 is 22.8 Å². The van der Waals surface area contributed by atoms with Crippen LogP contribution in [0.1, 0.15) is 36.0 Å². The number of nitrogens with one attached hydrogen (secondary N) is 1. The summed E-state index contributed by atoms with van der Waals surface area (Å²) in [7, 11) is 0. The Kier molecular flexibility index (Phi) is 6.51. The summed E-state index contributed by atoms with van der Waals surface area (Å²) in [6.45, 7) is 2.40. The first-order valence-electron chi connectivity index (χ1n) is 11.2. The fraction of sp³-hybridized carbons (Fsp3) is 0.400. The van der Waals surface area contributed by atoms with Crippen molar-refractivity contribution in [2.45, 2.75) is 31.9 Å². The van der Waals surface area contributed by atoms with E-state index in [2.05, 4.69) is 11.4 Å². The number of halogens is 3. The SMILES string of the molecule is N#Cc1ccc(CC(=O)N2CCC3(CC2)CCN(C(=O)Nc2ccc(C(F)(F)F)cc2)C3)cc1. The number of hydrogen-bond donors (Lipinski definition) is 1. The van der Waals surface area contributed by atoms with Gasteiger partial charge in [0.1, 0.15) is 0 Å². The van der Waals surface area contributed by atoms with Crippen molar-refractivity contribution in [1.82, 2.24) is 9.80 Å². The number of piperidine rings is 1. The summed E-state index contributed by atoms with van der Waals surface area (Å²) in [6, 6.07) is 13.2. The van der Waals surface area contributed by atoms with Crippen molar-refractivity contribution in [2.75, 3.05) is 31.5 Å². The zero-order valence-electron chi connectivity index (χ0n) is 18.6. The predicted molar refractivity (Wildman–Crippen MR) is 120 cm³/mol. The molecule has 0 bridgehead atoms. The van der Waals surface area contributed by atoms with Crippen LogP contribution in [0, 0.1) is 16.7 Å². The third-order valence-electron chi connectivity index (χ3n) is 6.80. The molecule has 4 rings (SSSR count). The number of carbonyl (C=O) groups is 2. The second-order valence-electron chi connectivity index (χ2n) is 9.04. The van der Waals surface area contributed by atoms with Gasteiger partial charge < -0.3 is 15.1 Å². The molecule has 0 atom stereocenters. The molecule has 0 radical (unpaired) electrons. The Balaban J connectivity index is 1.27. The Morgan fingerprint density at radius 2 is 1.53 bits per heavy atom. The van der Waals surface area contributed by atoms with E-state index in [-0.39, 0.29) is 17.4 Å². The van der Waals surface area contributed by atoms with Gasteiger partial charge in [-0.05, 0) is 66.6 Å². The number of nitriles is 1. The highest BCUT2D eigenvalue weighted by Crippen LogP contribution is 2.40. The van der Waals surface area contributed by atoms with E-state index in [1.807, 2.05) is 4.90 Å². The number of alkyl halides is 3.